The molecule has 0 fully saturated rings. The Morgan fingerprint density at radius 1 is 1.04 bits per heavy atom. The highest BCUT2D eigenvalue weighted by Gasteiger charge is 2.12. The minimum Gasteiger partial charge on any atom is -0.345 e. The van der Waals surface area contributed by atoms with Crippen molar-refractivity contribution in [1.82, 2.24) is 15.3 Å². The van der Waals surface area contributed by atoms with Crippen LogP contribution in [0.4, 0.5) is 11.5 Å². The topological polar surface area (TPSA) is 58.1 Å². The number of nitrogens with zero attached hydrogens (tertiary/aromatic N) is 3. The maximum atomic E-state index is 12.4. The fourth-order valence-electron chi connectivity index (χ4n) is 2.52. The third-order valence-corrected chi connectivity index (χ3v) is 4.05. The van der Waals surface area contributed by atoms with E-state index in [1.807, 2.05) is 67.4 Å². The van der Waals surface area contributed by atoms with Crippen LogP contribution in [0.2, 0.25) is 0 Å². The number of pyridine rings is 2. The van der Waals surface area contributed by atoms with Crippen molar-refractivity contribution < 1.29 is 4.79 Å². The summed E-state index contributed by atoms with van der Waals surface area (Å²) in [5.74, 6) is 0.635. The predicted octanol–water partition coefficient (Wildman–Crippen LogP) is 3.74. The first-order chi connectivity index (χ1) is 12.1. The van der Waals surface area contributed by atoms with Crippen molar-refractivity contribution in [2.75, 3.05) is 11.9 Å². The summed E-state index contributed by atoms with van der Waals surface area (Å²) < 4.78 is 0. The van der Waals surface area contributed by atoms with Crippen LogP contribution >= 0.6 is 0 Å². The summed E-state index contributed by atoms with van der Waals surface area (Å²) >= 11 is 0. The van der Waals surface area contributed by atoms with Gasteiger partial charge in [0.05, 0.1) is 11.6 Å². The van der Waals surface area contributed by atoms with Gasteiger partial charge < -0.3 is 10.2 Å². The Bertz CT molecular complexity index is 819. The van der Waals surface area contributed by atoms with Gasteiger partial charge in [0.2, 0.25) is 0 Å². The van der Waals surface area contributed by atoms with Gasteiger partial charge in [0.25, 0.3) is 5.91 Å². The lowest BCUT2D eigenvalue weighted by Gasteiger charge is -2.18. The van der Waals surface area contributed by atoms with Crippen LogP contribution in [0.1, 0.15) is 28.9 Å². The number of benzene rings is 1. The molecule has 0 saturated carbocycles. The van der Waals surface area contributed by atoms with Crippen LogP contribution in [-0.2, 0) is 0 Å². The van der Waals surface area contributed by atoms with Crippen LogP contribution < -0.4 is 10.2 Å². The molecule has 2 aromatic heterocycles. The molecule has 1 aromatic carbocycles. The zero-order valence-electron chi connectivity index (χ0n) is 14.3. The minimum atomic E-state index is -0.147. The maximum absolute atomic E-state index is 12.4. The number of aromatic nitrogens is 2. The van der Waals surface area contributed by atoms with E-state index in [0.717, 1.165) is 17.1 Å². The second kappa shape index (κ2) is 7.57. The van der Waals surface area contributed by atoms with Crippen LogP contribution in [0.25, 0.3) is 0 Å². The van der Waals surface area contributed by atoms with Gasteiger partial charge in [-0.3, -0.25) is 9.78 Å². The second-order valence-corrected chi connectivity index (χ2v) is 5.78. The van der Waals surface area contributed by atoms with Crippen LogP contribution in [0.5, 0.6) is 0 Å². The number of carbonyl (C=O) groups is 1. The third-order valence-electron chi connectivity index (χ3n) is 4.05. The monoisotopic (exact) mass is 332 g/mol. The first-order valence-corrected chi connectivity index (χ1v) is 8.11. The fourth-order valence-corrected chi connectivity index (χ4v) is 2.52. The molecule has 5 nitrogen and oxygen atoms in total. The van der Waals surface area contributed by atoms with Gasteiger partial charge in [-0.25, -0.2) is 4.98 Å². The number of hydrogen-bond donors (Lipinski definition) is 1. The lowest BCUT2D eigenvalue weighted by molar-refractivity contribution is 0.0939. The predicted molar refractivity (Wildman–Crippen MR) is 98.9 cm³/mol. The van der Waals surface area contributed by atoms with Gasteiger partial charge in [-0.1, -0.05) is 18.2 Å². The molecule has 5 heteroatoms. The molecule has 2 heterocycles. The Hall–Kier alpha value is -3.21. The SMILES string of the molecule is C[C@H](NC(=O)c1ccc(N(C)c2ccccc2)nc1)c1ccncc1. The van der Waals surface area contributed by atoms with Crippen molar-refractivity contribution in [3.63, 3.8) is 0 Å². The average molecular weight is 332 g/mol. The highest BCUT2D eigenvalue weighted by molar-refractivity contribution is 5.94. The quantitative estimate of drug-likeness (QED) is 0.773. The zero-order valence-corrected chi connectivity index (χ0v) is 14.3. The number of para-hydroxylation sites is 1. The molecule has 0 saturated heterocycles. The average Bonchev–Trinajstić information content (AvgIpc) is 2.69. The first-order valence-electron chi connectivity index (χ1n) is 8.11. The molecule has 0 radical (unpaired) electrons. The Kier molecular flexibility index (Phi) is 5.04. The van der Waals surface area contributed by atoms with Crippen molar-refractivity contribution in [2.24, 2.45) is 0 Å². The van der Waals surface area contributed by atoms with Gasteiger partial charge in [0.1, 0.15) is 5.82 Å². The van der Waals surface area contributed by atoms with Gasteiger partial charge >= 0.3 is 0 Å². The smallest absolute Gasteiger partial charge is 0.253 e. The molecule has 0 aliphatic carbocycles. The van der Waals surface area contributed by atoms with Crippen LogP contribution in [0, 0.1) is 0 Å². The van der Waals surface area contributed by atoms with E-state index < -0.39 is 0 Å². The van der Waals surface area contributed by atoms with Crippen molar-refractivity contribution in [3.05, 3.63) is 84.3 Å². The number of carbonyl (C=O) groups excluding carboxylic acids is 1. The van der Waals surface area contributed by atoms with E-state index >= 15 is 0 Å². The van der Waals surface area contributed by atoms with Gasteiger partial charge in [0.15, 0.2) is 0 Å². The van der Waals surface area contributed by atoms with E-state index in [4.69, 9.17) is 0 Å². The summed E-state index contributed by atoms with van der Waals surface area (Å²) in [7, 11) is 1.95. The van der Waals surface area contributed by atoms with Gasteiger partial charge in [0, 0.05) is 31.3 Å². The van der Waals surface area contributed by atoms with Crippen molar-refractivity contribution in [1.29, 1.82) is 0 Å². The van der Waals surface area contributed by atoms with Gasteiger partial charge in [-0.15, -0.1) is 0 Å². The molecule has 0 spiro atoms. The maximum Gasteiger partial charge on any atom is 0.253 e. The lowest BCUT2D eigenvalue weighted by atomic mass is 10.1. The van der Waals surface area contributed by atoms with Crippen LogP contribution in [-0.4, -0.2) is 22.9 Å². The molecular formula is C20H20N4O. The van der Waals surface area contributed by atoms with Crippen LogP contribution in [0.15, 0.2) is 73.2 Å². The van der Waals surface area contributed by atoms with Crippen molar-refractivity contribution >= 4 is 17.4 Å². The lowest BCUT2D eigenvalue weighted by Crippen LogP contribution is -2.26. The molecule has 0 aliphatic heterocycles. The summed E-state index contributed by atoms with van der Waals surface area (Å²) in [6.07, 6.45) is 5.03. The first kappa shape index (κ1) is 16.6. The zero-order chi connectivity index (χ0) is 17.6. The molecule has 3 rings (SSSR count). The number of rotatable bonds is 5. The molecule has 1 atom stereocenters. The molecule has 25 heavy (non-hydrogen) atoms. The van der Waals surface area contributed by atoms with E-state index in [1.54, 1.807) is 24.7 Å². The number of amides is 1. The molecule has 0 unspecified atom stereocenters. The fraction of sp³-hybridized carbons (Fsp3) is 0.150. The van der Waals surface area contributed by atoms with E-state index in [9.17, 15) is 4.79 Å². The minimum absolute atomic E-state index is 0.0952. The third kappa shape index (κ3) is 4.01. The van der Waals surface area contributed by atoms with E-state index in [-0.39, 0.29) is 11.9 Å². The number of anilines is 2. The molecular weight excluding hydrogens is 312 g/mol. The van der Waals surface area contributed by atoms with Crippen LogP contribution in [0.3, 0.4) is 0 Å². The number of nitrogens with one attached hydrogen (secondary N) is 1. The highest BCUT2D eigenvalue weighted by Crippen LogP contribution is 2.21. The van der Waals surface area contributed by atoms with E-state index in [0.29, 0.717) is 5.56 Å². The molecule has 1 amide bonds. The summed E-state index contributed by atoms with van der Waals surface area (Å²) in [5, 5.41) is 2.97. The molecule has 0 bridgehead atoms. The van der Waals surface area contributed by atoms with E-state index in [2.05, 4.69) is 15.3 Å². The van der Waals surface area contributed by atoms with Crippen molar-refractivity contribution in [2.45, 2.75) is 13.0 Å². The molecule has 126 valence electrons. The summed E-state index contributed by atoms with van der Waals surface area (Å²) in [4.78, 5) is 22.8. The number of hydrogen-bond acceptors (Lipinski definition) is 4. The standard InChI is InChI=1S/C20H20N4O/c1-15(16-10-12-21-13-11-16)23-20(25)17-8-9-19(22-14-17)24(2)18-6-4-3-5-7-18/h3-15H,1-2H3,(H,23,25)/t15-/m0/s1. The largest absolute Gasteiger partial charge is 0.345 e. The second-order valence-electron chi connectivity index (χ2n) is 5.78. The Morgan fingerprint density at radius 3 is 2.40 bits per heavy atom. The normalized spacial score (nSPS) is 11.6. The summed E-state index contributed by atoms with van der Waals surface area (Å²) in [6, 6.07) is 17.3. The van der Waals surface area contributed by atoms with Crippen molar-refractivity contribution in [3.8, 4) is 0 Å². The van der Waals surface area contributed by atoms with Gasteiger partial charge in [-0.2, -0.15) is 0 Å². The van der Waals surface area contributed by atoms with Gasteiger partial charge in [-0.05, 0) is 48.9 Å². The molecule has 1 N–H and O–H groups in total. The summed E-state index contributed by atoms with van der Waals surface area (Å²) in [6.45, 7) is 1.94. The van der Waals surface area contributed by atoms with E-state index in [1.165, 1.54) is 0 Å². The summed E-state index contributed by atoms with van der Waals surface area (Å²) in [5.41, 5.74) is 2.58. The Balaban J connectivity index is 1.68. The Morgan fingerprint density at radius 2 is 1.76 bits per heavy atom. The highest BCUT2D eigenvalue weighted by atomic mass is 16.1. The molecule has 0 aliphatic rings. The Labute approximate surface area is 147 Å². The molecule has 3 aromatic rings.